The van der Waals surface area contributed by atoms with E-state index in [0.717, 1.165) is 0 Å². The first kappa shape index (κ1) is 15.0. The summed E-state index contributed by atoms with van der Waals surface area (Å²) in [5.74, 6) is 4.70. The SMILES string of the molecule is CC(C)(C)OC(=O)NCc1ccccc1C(=O)NN. The molecule has 0 aliphatic rings. The van der Waals surface area contributed by atoms with Gasteiger partial charge in [-0.15, -0.1) is 0 Å². The Morgan fingerprint density at radius 3 is 2.47 bits per heavy atom. The molecule has 0 aromatic heterocycles. The highest BCUT2D eigenvalue weighted by atomic mass is 16.6. The highest BCUT2D eigenvalue weighted by Gasteiger charge is 2.16. The Morgan fingerprint density at radius 2 is 1.89 bits per heavy atom. The summed E-state index contributed by atoms with van der Waals surface area (Å²) in [5.41, 5.74) is 2.59. The average Bonchev–Trinajstić information content (AvgIpc) is 2.33. The fourth-order valence-corrected chi connectivity index (χ4v) is 1.46. The fourth-order valence-electron chi connectivity index (χ4n) is 1.46. The van der Waals surface area contributed by atoms with Gasteiger partial charge < -0.3 is 10.1 Å². The van der Waals surface area contributed by atoms with Gasteiger partial charge in [-0.05, 0) is 32.4 Å². The molecular weight excluding hydrogens is 246 g/mol. The van der Waals surface area contributed by atoms with Gasteiger partial charge >= 0.3 is 6.09 Å². The van der Waals surface area contributed by atoms with Crippen LogP contribution in [0.25, 0.3) is 0 Å². The maximum Gasteiger partial charge on any atom is 0.407 e. The Morgan fingerprint density at radius 1 is 1.26 bits per heavy atom. The van der Waals surface area contributed by atoms with Crippen LogP contribution in [0.15, 0.2) is 24.3 Å². The predicted octanol–water partition coefficient (Wildman–Crippen LogP) is 1.31. The minimum Gasteiger partial charge on any atom is -0.444 e. The predicted molar refractivity (Wildman–Crippen MR) is 71.2 cm³/mol. The fraction of sp³-hybridized carbons (Fsp3) is 0.385. The molecule has 0 radical (unpaired) electrons. The lowest BCUT2D eigenvalue weighted by Crippen LogP contribution is -2.34. The van der Waals surface area contributed by atoms with Crippen molar-refractivity contribution in [2.24, 2.45) is 5.84 Å². The average molecular weight is 265 g/mol. The van der Waals surface area contributed by atoms with Gasteiger partial charge in [0.2, 0.25) is 0 Å². The van der Waals surface area contributed by atoms with Crippen LogP contribution >= 0.6 is 0 Å². The minimum atomic E-state index is -0.557. The second kappa shape index (κ2) is 6.19. The number of hydrazine groups is 1. The Kier molecular flexibility index (Phi) is 4.88. The zero-order valence-electron chi connectivity index (χ0n) is 11.3. The molecule has 0 fully saturated rings. The van der Waals surface area contributed by atoms with Crippen LogP contribution in [0.1, 0.15) is 36.7 Å². The van der Waals surface area contributed by atoms with E-state index in [0.29, 0.717) is 11.1 Å². The molecule has 0 saturated carbocycles. The van der Waals surface area contributed by atoms with Crippen molar-refractivity contribution >= 4 is 12.0 Å². The first-order valence-electron chi connectivity index (χ1n) is 5.89. The third-order valence-corrected chi connectivity index (χ3v) is 2.22. The van der Waals surface area contributed by atoms with Gasteiger partial charge in [-0.25, -0.2) is 10.6 Å². The molecule has 6 heteroatoms. The Labute approximate surface area is 112 Å². The number of carbonyl (C=O) groups is 2. The maximum atomic E-state index is 11.5. The molecule has 0 atom stereocenters. The van der Waals surface area contributed by atoms with E-state index in [4.69, 9.17) is 10.6 Å². The summed E-state index contributed by atoms with van der Waals surface area (Å²) >= 11 is 0. The molecule has 2 amide bonds. The van der Waals surface area contributed by atoms with E-state index in [-0.39, 0.29) is 6.54 Å². The highest BCUT2D eigenvalue weighted by Crippen LogP contribution is 2.10. The summed E-state index contributed by atoms with van der Waals surface area (Å²) in [7, 11) is 0. The Balaban J connectivity index is 2.68. The molecule has 1 rings (SSSR count). The summed E-state index contributed by atoms with van der Waals surface area (Å²) in [6, 6.07) is 6.87. The first-order chi connectivity index (χ1) is 8.83. The van der Waals surface area contributed by atoms with Crippen LogP contribution in [0.4, 0.5) is 4.79 Å². The number of amides is 2. The highest BCUT2D eigenvalue weighted by molar-refractivity contribution is 5.95. The monoisotopic (exact) mass is 265 g/mol. The molecule has 0 saturated heterocycles. The lowest BCUT2D eigenvalue weighted by Gasteiger charge is -2.20. The summed E-state index contributed by atoms with van der Waals surface area (Å²) in [6.07, 6.45) is -0.532. The molecule has 0 unspecified atom stereocenters. The zero-order chi connectivity index (χ0) is 14.5. The van der Waals surface area contributed by atoms with E-state index in [2.05, 4.69) is 10.7 Å². The number of nitrogen functional groups attached to an aromatic ring is 1. The molecular formula is C13H19N3O3. The molecule has 6 nitrogen and oxygen atoms in total. The third kappa shape index (κ3) is 4.97. The first-order valence-corrected chi connectivity index (χ1v) is 5.89. The van der Waals surface area contributed by atoms with Gasteiger partial charge in [0.05, 0.1) is 0 Å². The van der Waals surface area contributed by atoms with Crippen LogP contribution in [0, 0.1) is 0 Å². The van der Waals surface area contributed by atoms with Crippen LogP contribution in [0.5, 0.6) is 0 Å². The van der Waals surface area contributed by atoms with Crippen molar-refractivity contribution < 1.29 is 14.3 Å². The third-order valence-electron chi connectivity index (χ3n) is 2.22. The molecule has 0 spiro atoms. The number of ether oxygens (including phenoxy) is 1. The standard InChI is InChI=1S/C13H19N3O3/c1-13(2,3)19-12(18)15-8-9-6-4-5-7-10(9)11(17)16-14/h4-7H,8,14H2,1-3H3,(H,15,18)(H,16,17). The quantitative estimate of drug-likeness (QED) is 0.436. The zero-order valence-corrected chi connectivity index (χ0v) is 11.3. The largest absolute Gasteiger partial charge is 0.444 e. The molecule has 0 bridgehead atoms. The van der Waals surface area contributed by atoms with E-state index in [1.54, 1.807) is 45.0 Å². The van der Waals surface area contributed by atoms with Crippen molar-refractivity contribution in [1.82, 2.24) is 10.7 Å². The lowest BCUT2D eigenvalue weighted by atomic mass is 10.1. The van der Waals surface area contributed by atoms with Crippen molar-refractivity contribution in [3.05, 3.63) is 35.4 Å². The van der Waals surface area contributed by atoms with Gasteiger partial charge in [0.15, 0.2) is 0 Å². The van der Waals surface area contributed by atoms with Crippen molar-refractivity contribution in [2.75, 3.05) is 0 Å². The number of rotatable bonds is 3. The number of nitrogens with one attached hydrogen (secondary N) is 2. The summed E-state index contributed by atoms with van der Waals surface area (Å²) in [4.78, 5) is 23.1. The van der Waals surface area contributed by atoms with E-state index in [9.17, 15) is 9.59 Å². The maximum absolute atomic E-state index is 11.5. The van der Waals surface area contributed by atoms with E-state index in [1.807, 2.05) is 0 Å². The van der Waals surface area contributed by atoms with Gasteiger partial charge in [0.1, 0.15) is 5.60 Å². The number of hydrogen-bond donors (Lipinski definition) is 3. The summed E-state index contributed by atoms with van der Waals surface area (Å²) in [5, 5.41) is 2.59. The van der Waals surface area contributed by atoms with Gasteiger partial charge in [-0.3, -0.25) is 10.2 Å². The van der Waals surface area contributed by atoms with Crippen LogP contribution in [0.3, 0.4) is 0 Å². The van der Waals surface area contributed by atoms with Crippen LogP contribution in [0.2, 0.25) is 0 Å². The Hall–Kier alpha value is -2.08. The molecule has 1 aromatic rings. The van der Waals surface area contributed by atoms with E-state index in [1.165, 1.54) is 0 Å². The van der Waals surface area contributed by atoms with Crippen molar-refractivity contribution in [1.29, 1.82) is 0 Å². The topological polar surface area (TPSA) is 93.4 Å². The normalized spacial score (nSPS) is 10.7. The smallest absolute Gasteiger partial charge is 0.407 e. The molecule has 0 heterocycles. The number of benzene rings is 1. The molecule has 0 aliphatic heterocycles. The Bertz CT molecular complexity index is 466. The molecule has 1 aromatic carbocycles. The summed E-state index contributed by atoms with van der Waals surface area (Å²) in [6.45, 7) is 5.53. The minimum absolute atomic E-state index is 0.193. The second-order valence-electron chi connectivity index (χ2n) is 4.99. The molecule has 19 heavy (non-hydrogen) atoms. The number of carbonyl (C=O) groups excluding carboxylic acids is 2. The molecule has 104 valence electrons. The molecule has 4 N–H and O–H groups in total. The van der Waals surface area contributed by atoms with Crippen LogP contribution in [-0.4, -0.2) is 17.6 Å². The van der Waals surface area contributed by atoms with Crippen LogP contribution in [-0.2, 0) is 11.3 Å². The van der Waals surface area contributed by atoms with E-state index >= 15 is 0 Å². The van der Waals surface area contributed by atoms with Gasteiger partial charge in [0.25, 0.3) is 5.91 Å². The summed E-state index contributed by atoms with van der Waals surface area (Å²) < 4.78 is 5.11. The van der Waals surface area contributed by atoms with Crippen molar-refractivity contribution in [2.45, 2.75) is 32.9 Å². The van der Waals surface area contributed by atoms with Crippen molar-refractivity contribution in [3.63, 3.8) is 0 Å². The van der Waals surface area contributed by atoms with Gasteiger partial charge in [-0.1, -0.05) is 18.2 Å². The lowest BCUT2D eigenvalue weighted by molar-refractivity contribution is 0.0523. The second-order valence-corrected chi connectivity index (χ2v) is 4.99. The number of nitrogens with two attached hydrogens (primary N) is 1. The van der Waals surface area contributed by atoms with Crippen LogP contribution < -0.4 is 16.6 Å². The number of alkyl carbamates (subject to hydrolysis) is 1. The van der Waals surface area contributed by atoms with Gasteiger partial charge in [-0.2, -0.15) is 0 Å². The van der Waals surface area contributed by atoms with E-state index < -0.39 is 17.6 Å². The van der Waals surface area contributed by atoms with Gasteiger partial charge in [0, 0.05) is 12.1 Å². The number of hydrogen-bond acceptors (Lipinski definition) is 4. The molecule has 0 aliphatic carbocycles. The van der Waals surface area contributed by atoms with Crippen molar-refractivity contribution in [3.8, 4) is 0 Å².